The Morgan fingerprint density at radius 1 is 1.24 bits per heavy atom. The fraction of sp³-hybridized carbons (Fsp3) is 0.500. The summed E-state index contributed by atoms with van der Waals surface area (Å²) in [7, 11) is -7.56. The maximum Gasteiger partial charge on any atom is 0.242 e. The Kier molecular flexibility index (Phi) is 5.79. The van der Waals surface area contributed by atoms with Crippen molar-refractivity contribution in [2.75, 3.05) is 12.8 Å². The van der Waals surface area contributed by atoms with Gasteiger partial charge in [0.25, 0.3) is 0 Å². The van der Waals surface area contributed by atoms with Gasteiger partial charge in [-0.05, 0) is 24.1 Å². The van der Waals surface area contributed by atoms with E-state index in [2.05, 4.69) is 4.72 Å². The topological polar surface area (TPSA) is 101 Å². The molecule has 0 saturated carbocycles. The molecule has 1 aromatic carbocycles. The highest BCUT2D eigenvalue weighted by Gasteiger charge is 2.22. The number of nitrogens with one attached hydrogen (secondary N) is 1. The smallest absolute Gasteiger partial charge is 0.242 e. The van der Waals surface area contributed by atoms with Gasteiger partial charge in [-0.15, -0.1) is 0 Å². The Morgan fingerprint density at radius 3 is 2.29 bits per heavy atom. The van der Waals surface area contributed by atoms with Gasteiger partial charge in [-0.1, -0.05) is 25.4 Å². The van der Waals surface area contributed by atoms with Gasteiger partial charge in [0.15, 0.2) is 9.84 Å². The molecule has 21 heavy (non-hydrogen) atoms. The second-order valence-corrected chi connectivity index (χ2v) is 9.19. The molecule has 1 unspecified atom stereocenters. The third-order valence-electron chi connectivity index (χ3n) is 2.87. The molecule has 2 N–H and O–H groups in total. The molecule has 6 nitrogen and oxygen atoms in total. The van der Waals surface area contributed by atoms with Crippen molar-refractivity contribution < 1.29 is 21.9 Å². The lowest BCUT2D eigenvalue weighted by atomic mass is 10.1. The summed E-state index contributed by atoms with van der Waals surface area (Å²) < 4.78 is 49.5. The van der Waals surface area contributed by atoms with E-state index in [9.17, 15) is 21.9 Å². The fourth-order valence-corrected chi connectivity index (χ4v) is 3.73. The quantitative estimate of drug-likeness (QED) is 0.794. The standard InChI is InChI=1S/C12H18ClNO5S2/c1-8(2)11(15)7-14-21(18,19)12-6-9(20(3,16)17)4-5-10(12)13/h4-6,8,11,14-15H,7H2,1-3H3. The zero-order chi connectivity index (χ0) is 16.4. The van der Waals surface area contributed by atoms with Crippen molar-refractivity contribution in [3.63, 3.8) is 0 Å². The second-order valence-electron chi connectivity index (χ2n) is 5.03. The lowest BCUT2D eigenvalue weighted by molar-refractivity contribution is 0.129. The highest BCUT2D eigenvalue weighted by atomic mass is 35.5. The van der Waals surface area contributed by atoms with Crippen LogP contribution in [0, 0.1) is 5.92 Å². The highest BCUT2D eigenvalue weighted by molar-refractivity contribution is 7.91. The molecule has 0 amide bonds. The molecule has 1 atom stereocenters. The average molecular weight is 356 g/mol. The van der Waals surface area contributed by atoms with Crippen LogP contribution < -0.4 is 4.72 Å². The molecule has 0 heterocycles. The first kappa shape index (κ1) is 18.4. The molecule has 1 rings (SSSR count). The van der Waals surface area contributed by atoms with E-state index >= 15 is 0 Å². The molecule has 9 heteroatoms. The maximum absolute atomic E-state index is 12.2. The van der Waals surface area contributed by atoms with E-state index in [4.69, 9.17) is 11.6 Å². The third-order valence-corrected chi connectivity index (χ3v) is 5.89. The first-order valence-corrected chi connectivity index (χ1v) is 9.87. The van der Waals surface area contributed by atoms with Gasteiger partial charge in [-0.25, -0.2) is 21.6 Å². The van der Waals surface area contributed by atoms with Crippen molar-refractivity contribution in [1.29, 1.82) is 0 Å². The maximum atomic E-state index is 12.2. The zero-order valence-electron chi connectivity index (χ0n) is 11.9. The van der Waals surface area contributed by atoms with Crippen LogP contribution in [-0.4, -0.2) is 40.8 Å². The van der Waals surface area contributed by atoms with E-state index in [1.807, 2.05) is 0 Å². The summed E-state index contributed by atoms with van der Waals surface area (Å²) in [6.07, 6.45) is 0.124. The van der Waals surface area contributed by atoms with Gasteiger partial charge in [0.05, 0.1) is 16.0 Å². The molecule has 0 bridgehead atoms. The van der Waals surface area contributed by atoms with Crippen LogP contribution in [0.4, 0.5) is 0 Å². The Balaban J connectivity index is 3.14. The normalized spacial score (nSPS) is 14.4. The van der Waals surface area contributed by atoms with E-state index in [-0.39, 0.29) is 27.3 Å². The number of aliphatic hydroxyl groups is 1. The Labute approximate surface area is 130 Å². The van der Waals surface area contributed by atoms with Gasteiger partial charge in [0.1, 0.15) is 4.90 Å². The summed E-state index contributed by atoms with van der Waals surface area (Å²) in [5, 5.41) is 9.55. The molecule has 120 valence electrons. The Morgan fingerprint density at radius 2 is 1.81 bits per heavy atom. The molecule has 0 fully saturated rings. The van der Waals surface area contributed by atoms with E-state index in [0.717, 1.165) is 12.3 Å². The van der Waals surface area contributed by atoms with E-state index in [1.165, 1.54) is 12.1 Å². The van der Waals surface area contributed by atoms with Crippen LogP contribution >= 0.6 is 11.6 Å². The van der Waals surface area contributed by atoms with Crippen molar-refractivity contribution in [3.05, 3.63) is 23.2 Å². The highest BCUT2D eigenvalue weighted by Crippen LogP contribution is 2.24. The van der Waals surface area contributed by atoms with Crippen LogP contribution in [0.3, 0.4) is 0 Å². The van der Waals surface area contributed by atoms with Crippen LogP contribution in [0.1, 0.15) is 13.8 Å². The average Bonchev–Trinajstić information content (AvgIpc) is 2.34. The van der Waals surface area contributed by atoms with Gasteiger partial charge in [0.2, 0.25) is 10.0 Å². The summed E-state index contributed by atoms with van der Waals surface area (Å²) >= 11 is 5.83. The molecule has 0 aromatic heterocycles. The second kappa shape index (κ2) is 6.62. The largest absolute Gasteiger partial charge is 0.391 e. The number of sulfonamides is 1. The molecule has 1 aromatic rings. The molecular formula is C12H18ClNO5S2. The summed E-state index contributed by atoms with van der Waals surface area (Å²) in [4.78, 5) is -0.472. The Hall–Kier alpha value is -0.670. The molecule has 0 spiro atoms. The summed E-state index contributed by atoms with van der Waals surface area (Å²) in [5.41, 5.74) is 0. The predicted molar refractivity (Wildman–Crippen MR) is 80.6 cm³/mol. The number of hydrogen-bond acceptors (Lipinski definition) is 5. The third kappa shape index (κ3) is 4.93. The van der Waals surface area contributed by atoms with Gasteiger partial charge in [0, 0.05) is 12.8 Å². The van der Waals surface area contributed by atoms with Gasteiger partial charge >= 0.3 is 0 Å². The van der Waals surface area contributed by atoms with Crippen LogP contribution in [0.15, 0.2) is 28.0 Å². The SMILES string of the molecule is CC(C)C(O)CNS(=O)(=O)c1cc(S(C)(=O)=O)ccc1Cl. The monoisotopic (exact) mass is 355 g/mol. The first-order valence-electron chi connectivity index (χ1n) is 6.12. The van der Waals surface area contributed by atoms with Crippen LogP contribution in [-0.2, 0) is 19.9 Å². The molecule has 0 aliphatic carbocycles. The number of halogens is 1. The lowest BCUT2D eigenvalue weighted by Crippen LogP contribution is -2.34. The van der Waals surface area contributed by atoms with Crippen molar-refractivity contribution in [1.82, 2.24) is 4.72 Å². The van der Waals surface area contributed by atoms with E-state index in [1.54, 1.807) is 13.8 Å². The van der Waals surface area contributed by atoms with E-state index < -0.39 is 26.0 Å². The van der Waals surface area contributed by atoms with Crippen molar-refractivity contribution in [2.45, 2.75) is 29.7 Å². The van der Waals surface area contributed by atoms with Crippen LogP contribution in [0.25, 0.3) is 0 Å². The van der Waals surface area contributed by atoms with Crippen LogP contribution in [0.2, 0.25) is 5.02 Å². The van der Waals surface area contributed by atoms with Crippen LogP contribution in [0.5, 0.6) is 0 Å². The van der Waals surface area contributed by atoms with Gasteiger partial charge < -0.3 is 5.11 Å². The molecule has 0 saturated heterocycles. The molecular weight excluding hydrogens is 338 g/mol. The number of hydrogen-bond donors (Lipinski definition) is 2. The predicted octanol–water partition coefficient (Wildman–Crippen LogP) is 1.04. The minimum Gasteiger partial charge on any atom is -0.391 e. The Bertz CT molecular complexity index is 713. The van der Waals surface area contributed by atoms with Crippen molar-refractivity contribution >= 4 is 31.5 Å². The van der Waals surface area contributed by atoms with E-state index in [0.29, 0.717) is 0 Å². The zero-order valence-corrected chi connectivity index (χ0v) is 14.3. The number of aliphatic hydroxyl groups excluding tert-OH is 1. The minimum absolute atomic E-state index is 0.0889. The summed E-state index contributed by atoms with van der Waals surface area (Å²) in [6, 6.07) is 3.45. The number of sulfone groups is 1. The molecule has 0 aliphatic heterocycles. The lowest BCUT2D eigenvalue weighted by Gasteiger charge is -2.16. The van der Waals surface area contributed by atoms with Gasteiger partial charge in [-0.2, -0.15) is 0 Å². The van der Waals surface area contributed by atoms with Crippen molar-refractivity contribution in [3.8, 4) is 0 Å². The number of benzene rings is 1. The summed E-state index contributed by atoms with van der Waals surface area (Å²) in [6.45, 7) is 3.31. The first-order chi connectivity index (χ1) is 9.45. The van der Waals surface area contributed by atoms with Crippen molar-refractivity contribution in [2.24, 2.45) is 5.92 Å². The molecule has 0 aliphatic rings. The summed E-state index contributed by atoms with van der Waals surface area (Å²) in [5.74, 6) is -0.120. The number of rotatable bonds is 6. The fourth-order valence-electron chi connectivity index (χ4n) is 1.43. The minimum atomic E-state index is -4.01. The van der Waals surface area contributed by atoms with Gasteiger partial charge in [-0.3, -0.25) is 0 Å². The molecule has 0 radical (unpaired) electrons.